The van der Waals surface area contributed by atoms with E-state index in [4.69, 9.17) is 5.21 Å². The molecule has 1 aliphatic heterocycles. The molecular weight excluding hydrogens is 182 g/mol. The molecule has 14 heavy (non-hydrogen) atoms. The summed E-state index contributed by atoms with van der Waals surface area (Å²) in [4.78, 5) is 8.52. The van der Waals surface area contributed by atoms with Gasteiger partial charge in [0.15, 0.2) is 0 Å². The molecule has 76 valence electrons. The minimum atomic E-state index is 0.553. The Bertz CT molecular complexity index is 300. The monoisotopic (exact) mass is 195 g/mol. The Labute approximate surface area is 82.5 Å². The summed E-state index contributed by atoms with van der Waals surface area (Å²) >= 11 is 0. The van der Waals surface area contributed by atoms with Crippen molar-refractivity contribution in [2.75, 3.05) is 0 Å². The van der Waals surface area contributed by atoms with Gasteiger partial charge in [0.1, 0.15) is 12.0 Å². The van der Waals surface area contributed by atoms with Crippen LogP contribution in [0.4, 0.5) is 0 Å². The number of nitrogens with zero attached hydrogens (tertiary/aromatic N) is 2. The fourth-order valence-corrected chi connectivity index (χ4v) is 0.944. The van der Waals surface area contributed by atoms with Gasteiger partial charge in [-0.05, 0) is 17.7 Å². The van der Waals surface area contributed by atoms with Crippen molar-refractivity contribution in [2.24, 2.45) is 0 Å². The first-order valence-electron chi connectivity index (χ1n) is 4.39. The number of aromatic nitrogens is 1. The van der Waals surface area contributed by atoms with Crippen LogP contribution in [0.2, 0.25) is 0 Å². The molecule has 0 aliphatic carbocycles. The Morgan fingerprint density at radius 1 is 1.36 bits per heavy atom. The number of rotatable bonds is 1. The average molecular weight is 195 g/mol. The maximum Gasteiger partial charge on any atom is 0.141 e. The van der Waals surface area contributed by atoms with Crippen LogP contribution >= 0.6 is 0 Å². The van der Waals surface area contributed by atoms with E-state index in [0.29, 0.717) is 5.70 Å². The molecule has 2 rings (SSSR count). The van der Waals surface area contributed by atoms with Crippen LogP contribution in [0, 0.1) is 0 Å². The Balaban J connectivity index is 0.000000461. The minimum Gasteiger partial charge on any atom is -0.392 e. The molecule has 0 bridgehead atoms. The molecule has 5 heteroatoms. The Morgan fingerprint density at radius 3 is 2.50 bits per heavy atom. The first kappa shape index (κ1) is 10.5. The van der Waals surface area contributed by atoms with E-state index in [9.17, 15) is 0 Å². The highest BCUT2D eigenvalue weighted by molar-refractivity contribution is 5.61. The SMILES string of the molecule is CC.ON1NOC=C1c1ccncc1. The number of hydrogen-bond acceptors (Lipinski definition) is 5. The zero-order valence-corrected chi connectivity index (χ0v) is 8.14. The van der Waals surface area contributed by atoms with Crippen molar-refractivity contribution in [3.05, 3.63) is 36.4 Å². The van der Waals surface area contributed by atoms with Gasteiger partial charge in [0.25, 0.3) is 0 Å². The number of hydrogen-bond donors (Lipinski definition) is 2. The third-order valence-corrected chi connectivity index (χ3v) is 1.51. The van der Waals surface area contributed by atoms with Gasteiger partial charge < -0.3 is 4.84 Å². The first-order chi connectivity index (χ1) is 6.88. The molecule has 0 spiro atoms. The predicted octanol–water partition coefficient (Wildman–Crippen LogP) is 1.55. The van der Waals surface area contributed by atoms with Crippen LogP contribution in [0.3, 0.4) is 0 Å². The summed E-state index contributed by atoms with van der Waals surface area (Å²) in [5.74, 6) is 0. The van der Waals surface area contributed by atoms with E-state index in [2.05, 4.69) is 15.4 Å². The van der Waals surface area contributed by atoms with Crippen LogP contribution in [0.5, 0.6) is 0 Å². The van der Waals surface area contributed by atoms with Crippen molar-refractivity contribution in [1.82, 2.24) is 15.7 Å². The van der Waals surface area contributed by atoms with E-state index in [1.54, 1.807) is 24.5 Å². The highest BCUT2D eigenvalue weighted by Crippen LogP contribution is 2.17. The van der Waals surface area contributed by atoms with E-state index < -0.39 is 0 Å². The third kappa shape index (κ3) is 2.21. The Morgan fingerprint density at radius 2 is 2.00 bits per heavy atom. The van der Waals surface area contributed by atoms with Crippen LogP contribution in [-0.4, -0.2) is 15.4 Å². The van der Waals surface area contributed by atoms with Crippen LogP contribution < -0.4 is 5.59 Å². The van der Waals surface area contributed by atoms with Gasteiger partial charge in [0, 0.05) is 18.0 Å². The molecule has 0 amide bonds. The summed E-state index contributed by atoms with van der Waals surface area (Å²) in [6.45, 7) is 4.00. The molecule has 2 heterocycles. The molecule has 0 saturated heterocycles. The fourth-order valence-electron chi connectivity index (χ4n) is 0.944. The predicted molar refractivity (Wildman–Crippen MR) is 51.4 cm³/mol. The Kier molecular flexibility index (Phi) is 3.90. The summed E-state index contributed by atoms with van der Waals surface area (Å²) in [7, 11) is 0. The van der Waals surface area contributed by atoms with Gasteiger partial charge in [-0.15, -0.1) is 5.17 Å². The molecule has 1 aromatic heterocycles. The topological polar surface area (TPSA) is 57.6 Å². The van der Waals surface area contributed by atoms with Gasteiger partial charge in [-0.2, -0.15) is 0 Å². The quantitative estimate of drug-likeness (QED) is 0.712. The van der Waals surface area contributed by atoms with Gasteiger partial charge in [0.2, 0.25) is 0 Å². The zero-order valence-electron chi connectivity index (χ0n) is 8.14. The second-order valence-corrected chi connectivity index (χ2v) is 2.26. The molecule has 0 unspecified atom stereocenters. The van der Waals surface area contributed by atoms with Gasteiger partial charge in [0.05, 0.1) is 0 Å². The van der Waals surface area contributed by atoms with E-state index in [-0.39, 0.29) is 0 Å². The van der Waals surface area contributed by atoms with Crippen LogP contribution in [0.25, 0.3) is 5.70 Å². The van der Waals surface area contributed by atoms with Gasteiger partial charge >= 0.3 is 0 Å². The van der Waals surface area contributed by atoms with Crippen LogP contribution in [0.1, 0.15) is 19.4 Å². The highest BCUT2D eigenvalue weighted by Gasteiger charge is 2.15. The summed E-state index contributed by atoms with van der Waals surface area (Å²) in [6.07, 6.45) is 4.69. The maximum absolute atomic E-state index is 9.15. The summed E-state index contributed by atoms with van der Waals surface area (Å²) < 4.78 is 0. The van der Waals surface area contributed by atoms with Gasteiger partial charge in [-0.25, -0.2) is 0 Å². The molecule has 0 saturated carbocycles. The van der Waals surface area contributed by atoms with Crippen molar-refractivity contribution >= 4 is 5.70 Å². The van der Waals surface area contributed by atoms with Crippen LogP contribution in [-0.2, 0) is 4.84 Å². The zero-order chi connectivity index (χ0) is 10.4. The van der Waals surface area contributed by atoms with E-state index in [1.165, 1.54) is 6.26 Å². The number of pyridine rings is 1. The lowest BCUT2D eigenvalue weighted by molar-refractivity contribution is -0.149. The molecule has 0 aromatic carbocycles. The second kappa shape index (κ2) is 5.21. The van der Waals surface area contributed by atoms with Crippen molar-refractivity contribution in [1.29, 1.82) is 0 Å². The lowest BCUT2D eigenvalue weighted by Crippen LogP contribution is -2.26. The number of hydroxylamine groups is 1. The fraction of sp³-hybridized carbons (Fsp3) is 0.222. The van der Waals surface area contributed by atoms with Crippen molar-refractivity contribution in [3.63, 3.8) is 0 Å². The average Bonchev–Trinajstić information content (AvgIpc) is 2.69. The molecule has 0 atom stereocenters. The maximum atomic E-state index is 9.15. The van der Waals surface area contributed by atoms with Gasteiger partial charge in [-0.3, -0.25) is 10.2 Å². The van der Waals surface area contributed by atoms with Crippen molar-refractivity contribution < 1.29 is 10.0 Å². The smallest absolute Gasteiger partial charge is 0.141 e. The van der Waals surface area contributed by atoms with Crippen LogP contribution in [0.15, 0.2) is 30.8 Å². The lowest BCUT2D eigenvalue weighted by Gasteiger charge is -2.09. The molecule has 1 aliphatic rings. The molecule has 0 fully saturated rings. The van der Waals surface area contributed by atoms with Crippen molar-refractivity contribution in [2.45, 2.75) is 13.8 Å². The van der Waals surface area contributed by atoms with Crippen molar-refractivity contribution in [3.8, 4) is 0 Å². The highest BCUT2D eigenvalue weighted by atomic mass is 16.8. The summed E-state index contributed by atoms with van der Waals surface area (Å²) in [5.41, 5.74) is 3.63. The molecule has 2 N–H and O–H groups in total. The lowest BCUT2D eigenvalue weighted by atomic mass is 10.2. The molecule has 5 nitrogen and oxygen atoms in total. The van der Waals surface area contributed by atoms with Gasteiger partial charge in [-0.1, -0.05) is 13.8 Å². The second-order valence-electron chi connectivity index (χ2n) is 2.26. The summed E-state index contributed by atoms with van der Waals surface area (Å²) in [5, 5.41) is 9.95. The summed E-state index contributed by atoms with van der Waals surface area (Å²) in [6, 6.07) is 3.54. The van der Waals surface area contributed by atoms with E-state index in [1.807, 2.05) is 13.8 Å². The Hall–Kier alpha value is -1.59. The minimum absolute atomic E-state index is 0.553. The number of hydrazine groups is 1. The standard InChI is InChI=1S/C7H7N3O2.C2H6/c11-10-7(5-12-9-10)6-1-3-8-4-2-6;1-2/h1-5,9,11H;1-2H3. The van der Waals surface area contributed by atoms with E-state index in [0.717, 1.165) is 10.7 Å². The van der Waals surface area contributed by atoms with E-state index >= 15 is 0 Å². The molecular formula is C9H13N3O2. The normalized spacial score (nSPS) is 13.9. The number of nitrogens with one attached hydrogen (secondary N) is 1. The third-order valence-electron chi connectivity index (χ3n) is 1.51. The largest absolute Gasteiger partial charge is 0.392 e. The molecule has 0 radical (unpaired) electrons. The molecule has 1 aromatic rings. The first-order valence-corrected chi connectivity index (χ1v) is 4.39.